The van der Waals surface area contributed by atoms with E-state index in [0.29, 0.717) is 48.9 Å². The molecule has 0 radical (unpaired) electrons. The van der Waals surface area contributed by atoms with Crippen LogP contribution in [0.3, 0.4) is 0 Å². The first kappa shape index (κ1) is 23.9. The molecule has 0 aliphatic carbocycles. The minimum atomic E-state index is -0.170. The zero-order valence-electron chi connectivity index (χ0n) is 20.1. The van der Waals surface area contributed by atoms with Crippen LogP contribution < -0.4 is 24.8 Å². The average Bonchev–Trinajstić information content (AvgIpc) is 3.10. The largest absolute Gasteiger partial charge is 0.497 e. The van der Waals surface area contributed by atoms with Gasteiger partial charge in [-0.3, -0.25) is 9.59 Å². The number of amides is 2. The van der Waals surface area contributed by atoms with E-state index in [2.05, 4.69) is 10.6 Å². The summed E-state index contributed by atoms with van der Waals surface area (Å²) in [6, 6.07) is 9.54. The predicted molar refractivity (Wildman–Crippen MR) is 130 cm³/mol. The molecule has 2 N–H and O–H groups in total. The van der Waals surface area contributed by atoms with Gasteiger partial charge in [-0.2, -0.15) is 0 Å². The predicted octanol–water partition coefficient (Wildman–Crippen LogP) is 2.98. The molecule has 2 aliphatic rings. The van der Waals surface area contributed by atoms with Crippen molar-refractivity contribution in [3.8, 4) is 28.4 Å². The maximum atomic E-state index is 13.4. The van der Waals surface area contributed by atoms with Crippen LogP contribution in [0.2, 0.25) is 0 Å². The molecule has 8 nitrogen and oxygen atoms in total. The number of benzene rings is 2. The third-order valence-corrected chi connectivity index (χ3v) is 6.35. The molecular weight excluding hydrogens is 434 g/mol. The Hall–Kier alpha value is -3.26. The van der Waals surface area contributed by atoms with E-state index in [-0.39, 0.29) is 17.9 Å². The Labute approximate surface area is 200 Å². The maximum absolute atomic E-state index is 13.4. The number of methoxy groups -OCH3 is 2. The first-order valence-corrected chi connectivity index (χ1v) is 11.8. The van der Waals surface area contributed by atoms with E-state index in [0.717, 1.165) is 42.6 Å². The maximum Gasteiger partial charge on any atom is 0.255 e. The van der Waals surface area contributed by atoms with Gasteiger partial charge < -0.3 is 29.7 Å². The van der Waals surface area contributed by atoms with Crippen molar-refractivity contribution in [2.75, 3.05) is 40.5 Å². The zero-order valence-corrected chi connectivity index (χ0v) is 20.1. The first-order chi connectivity index (χ1) is 16.5. The van der Waals surface area contributed by atoms with Gasteiger partial charge in [0.25, 0.3) is 5.91 Å². The van der Waals surface area contributed by atoms with Crippen molar-refractivity contribution < 1.29 is 23.8 Å². The van der Waals surface area contributed by atoms with Gasteiger partial charge in [-0.15, -0.1) is 0 Å². The van der Waals surface area contributed by atoms with E-state index in [1.54, 1.807) is 25.2 Å². The van der Waals surface area contributed by atoms with Crippen LogP contribution in [0.4, 0.5) is 0 Å². The zero-order chi connectivity index (χ0) is 24.1. The molecule has 1 fully saturated rings. The highest BCUT2D eigenvalue weighted by molar-refractivity contribution is 5.99. The molecule has 2 aromatic rings. The van der Waals surface area contributed by atoms with Gasteiger partial charge >= 0.3 is 0 Å². The van der Waals surface area contributed by atoms with E-state index < -0.39 is 0 Å². The number of hydrogen-bond donors (Lipinski definition) is 2. The lowest BCUT2D eigenvalue weighted by Crippen LogP contribution is -2.45. The number of ether oxygens (including phenoxy) is 3. The second-order valence-electron chi connectivity index (χ2n) is 8.65. The van der Waals surface area contributed by atoms with Crippen molar-refractivity contribution in [1.82, 2.24) is 15.5 Å². The Morgan fingerprint density at radius 2 is 1.85 bits per heavy atom. The number of nitrogens with zero attached hydrogens (tertiary/aromatic N) is 1. The molecule has 8 heteroatoms. The molecule has 2 aliphatic heterocycles. The molecule has 0 bridgehead atoms. The molecule has 0 unspecified atom stereocenters. The van der Waals surface area contributed by atoms with Crippen LogP contribution in [-0.2, 0) is 11.3 Å². The smallest absolute Gasteiger partial charge is 0.255 e. The first-order valence-electron chi connectivity index (χ1n) is 11.8. The number of carbonyl (C=O) groups is 2. The van der Waals surface area contributed by atoms with Crippen molar-refractivity contribution in [3.05, 3.63) is 41.5 Å². The van der Waals surface area contributed by atoms with Gasteiger partial charge in [0, 0.05) is 37.2 Å². The topological polar surface area (TPSA) is 89.1 Å². The normalized spacial score (nSPS) is 17.7. The van der Waals surface area contributed by atoms with Gasteiger partial charge in [-0.1, -0.05) is 6.92 Å². The highest BCUT2D eigenvalue weighted by atomic mass is 16.5. The van der Waals surface area contributed by atoms with E-state index in [1.807, 2.05) is 31.2 Å². The number of nitrogens with one attached hydrogen (secondary N) is 2. The van der Waals surface area contributed by atoms with Crippen LogP contribution in [0.25, 0.3) is 11.1 Å². The summed E-state index contributed by atoms with van der Waals surface area (Å²) in [5.74, 6) is 1.75. The fourth-order valence-electron chi connectivity index (χ4n) is 4.50. The summed E-state index contributed by atoms with van der Waals surface area (Å²) in [7, 11) is 3.21. The number of rotatable bonds is 6. The third kappa shape index (κ3) is 5.28. The summed E-state index contributed by atoms with van der Waals surface area (Å²) in [5.41, 5.74) is 2.97. The summed E-state index contributed by atoms with van der Waals surface area (Å²) in [4.78, 5) is 27.7. The van der Waals surface area contributed by atoms with Crippen LogP contribution >= 0.6 is 0 Å². The summed E-state index contributed by atoms with van der Waals surface area (Å²) in [6.45, 7) is 4.79. The molecule has 2 heterocycles. The lowest BCUT2D eigenvalue weighted by atomic mass is 9.97. The lowest BCUT2D eigenvalue weighted by Gasteiger charge is -2.25. The second-order valence-corrected chi connectivity index (χ2v) is 8.65. The Bertz CT molecular complexity index is 1030. The van der Waals surface area contributed by atoms with Crippen molar-refractivity contribution in [2.45, 2.75) is 38.8 Å². The fourth-order valence-corrected chi connectivity index (χ4v) is 4.50. The molecular formula is C26H33N3O5. The molecule has 4 rings (SSSR count). The van der Waals surface area contributed by atoms with Crippen molar-refractivity contribution in [3.63, 3.8) is 0 Å². The van der Waals surface area contributed by atoms with E-state index >= 15 is 0 Å². The summed E-state index contributed by atoms with van der Waals surface area (Å²) < 4.78 is 17.0. The van der Waals surface area contributed by atoms with Gasteiger partial charge in [0.1, 0.15) is 23.9 Å². The molecule has 0 spiro atoms. The second kappa shape index (κ2) is 10.8. The number of hydrogen-bond acceptors (Lipinski definition) is 6. The van der Waals surface area contributed by atoms with Crippen molar-refractivity contribution >= 4 is 11.8 Å². The Balaban J connectivity index is 1.78. The number of fused-ring (bicyclic) bond motifs is 1. The molecule has 34 heavy (non-hydrogen) atoms. The molecule has 1 atom stereocenters. The van der Waals surface area contributed by atoms with Crippen LogP contribution in [0.15, 0.2) is 30.3 Å². The Morgan fingerprint density at radius 1 is 1.12 bits per heavy atom. The Morgan fingerprint density at radius 3 is 2.50 bits per heavy atom. The van der Waals surface area contributed by atoms with Crippen molar-refractivity contribution in [2.24, 2.45) is 0 Å². The van der Waals surface area contributed by atoms with Crippen LogP contribution in [0.1, 0.15) is 42.1 Å². The highest BCUT2D eigenvalue weighted by Gasteiger charge is 2.26. The third-order valence-electron chi connectivity index (χ3n) is 6.35. The van der Waals surface area contributed by atoms with Gasteiger partial charge in [0.2, 0.25) is 5.91 Å². The minimum absolute atomic E-state index is 0.0594. The average molecular weight is 468 g/mol. The minimum Gasteiger partial charge on any atom is -0.497 e. The molecule has 1 saturated heterocycles. The number of piperidine rings is 1. The van der Waals surface area contributed by atoms with Crippen LogP contribution in [-0.4, -0.2) is 63.2 Å². The standard InChI is InChI=1S/C26H33N3O5/c1-4-24(30)29-8-9-34-25-19(16-29)10-17(18-11-21(32-2)14-22(12-18)33-3)13-23(25)26(31)28-20-6-5-7-27-15-20/h10-14,20,27H,4-9,15-16H2,1-3H3,(H,28,31)/t20-/m0/s1. The quantitative estimate of drug-likeness (QED) is 0.679. The molecule has 2 aromatic carbocycles. The summed E-state index contributed by atoms with van der Waals surface area (Å²) >= 11 is 0. The van der Waals surface area contributed by atoms with E-state index in [9.17, 15) is 9.59 Å². The monoisotopic (exact) mass is 467 g/mol. The van der Waals surface area contributed by atoms with Gasteiger partial charge in [-0.25, -0.2) is 0 Å². The number of carbonyl (C=O) groups excluding carboxylic acids is 2. The van der Waals surface area contributed by atoms with Gasteiger partial charge in [0.05, 0.1) is 26.3 Å². The molecule has 2 amide bonds. The summed E-state index contributed by atoms with van der Waals surface area (Å²) in [6.07, 6.45) is 2.38. The SMILES string of the molecule is CCC(=O)N1CCOc2c(cc(-c3cc(OC)cc(OC)c3)cc2C(=O)N[C@H]2CCCNC2)C1. The van der Waals surface area contributed by atoms with Crippen molar-refractivity contribution in [1.29, 1.82) is 0 Å². The molecule has 0 aromatic heterocycles. The van der Waals surface area contributed by atoms with Crippen LogP contribution in [0, 0.1) is 0 Å². The Kier molecular flexibility index (Phi) is 7.57. The highest BCUT2D eigenvalue weighted by Crippen LogP contribution is 2.36. The van der Waals surface area contributed by atoms with Crippen LogP contribution in [0.5, 0.6) is 17.2 Å². The molecule has 182 valence electrons. The van der Waals surface area contributed by atoms with E-state index in [4.69, 9.17) is 14.2 Å². The molecule has 0 saturated carbocycles. The summed E-state index contributed by atoms with van der Waals surface area (Å²) in [5, 5.41) is 6.50. The van der Waals surface area contributed by atoms with Gasteiger partial charge in [-0.05, 0) is 54.8 Å². The lowest BCUT2D eigenvalue weighted by molar-refractivity contribution is -0.131. The fraction of sp³-hybridized carbons (Fsp3) is 0.462. The van der Waals surface area contributed by atoms with Gasteiger partial charge in [0.15, 0.2) is 0 Å². The van der Waals surface area contributed by atoms with E-state index in [1.165, 1.54) is 0 Å².